The van der Waals surface area contributed by atoms with Gasteiger partial charge in [-0.1, -0.05) is 0 Å². The van der Waals surface area contributed by atoms with Crippen molar-refractivity contribution in [3.63, 3.8) is 0 Å². The van der Waals surface area contributed by atoms with Crippen LogP contribution in [0.15, 0.2) is 29.3 Å². The number of nitrogens with zero attached hydrogens (tertiary/aromatic N) is 7. The van der Waals surface area contributed by atoms with Crippen LogP contribution in [0.5, 0.6) is 0 Å². The van der Waals surface area contributed by atoms with Crippen molar-refractivity contribution in [2.45, 2.75) is 45.8 Å². The van der Waals surface area contributed by atoms with Gasteiger partial charge in [0.15, 0.2) is 11.5 Å². The monoisotopic (exact) mass is 382 g/mol. The number of rotatable bonds is 6. The maximum absolute atomic E-state index is 9.87. The van der Waals surface area contributed by atoms with Crippen molar-refractivity contribution < 1.29 is 9.52 Å². The van der Waals surface area contributed by atoms with Crippen molar-refractivity contribution in [1.82, 2.24) is 34.3 Å². The van der Waals surface area contributed by atoms with Gasteiger partial charge in [0.05, 0.1) is 18.0 Å². The molecule has 0 amide bonds. The van der Waals surface area contributed by atoms with E-state index in [-0.39, 0.29) is 5.95 Å². The predicted octanol–water partition coefficient (Wildman–Crippen LogP) is 1.62. The van der Waals surface area contributed by atoms with Gasteiger partial charge in [-0.3, -0.25) is 4.68 Å². The van der Waals surface area contributed by atoms with E-state index in [9.17, 15) is 5.11 Å². The van der Waals surface area contributed by atoms with Crippen LogP contribution in [0.2, 0.25) is 0 Å². The minimum Gasteiger partial charge on any atom is -0.443 e. The molecule has 0 unspecified atom stereocenters. The Morgan fingerprint density at radius 2 is 2.11 bits per heavy atom. The molecule has 0 aromatic carbocycles. The smallest absolute Gasteiger partial charge is 0.245 e. The number of fused-ring (bicyclic) bond motifs is 1. The highest BCUT2D eigenvalue weighted by Crippen LogP contribution is 2.24. The first-order valence-electron chi connectivity index (χ1n) is 8.95. The van der Waals surface area contributed by atoms with Crippen molar-refractivity contribution in [3.8, 4) is 11.6 Å². The van der Waals surface area contributed by atoms with Crippen LogP contribution in [-0.2, 0) is 13.0 Å². The average molecular weight is 382 g/mol. The van der Waals surface area contributed by atoms with Crippen LogP contribution in [0.25, 0.3) is 17.2 Å². The number of anilines is 1. The molecule has 0 aliphatic carbocycles. The molecule has 4 aromatic heterocycles. The Morgan fingerprint density at radius 1 is 1.29 bits per heavy atom. The molecule has 0 bridgehead atoms. The third-order valence-electron chi connectivity index (χ3n) is 4.44. The molecular formula is C18H22N8O2. The normalized spacial score (nSPS) is 12.1. The van der Waals surface area contributed by atoms with E-state index in [0.717, 1.165) is 17.5 Å². The Hall–Kier alpha value is -3.27. The quantitative estimate of drug-likeness (QED) is 0.514. The lowest BCUT2D eigenvalue weighted by Crippen LogP contribution is -2.19. The number of nitrogens with two attached hydrogens (primary N) is 1. The van der Waals surface area contributed by atoms with Crippen molar-refractivity contribution in [2.75, 3.05) is 5.73 Å². The number of oxazole rings is 1. The van der Waals surface area contributed by atoms with Gasteiger partial charge >= 0.3 is 0 Å². The van der Waals surface area contributed by atoms with Gasteiger partial charge in [-0.25, -0.2) is 15.0 Å². The fraction of sp³-hybridized carbons (Fsp3) is 0.389. The van der Waals surface area contributed by atoms with Gasteiger partial charge in [0, 0.05) is 11.8 Å². The maximum Gasteiger partial charge on any atom is 0.245 e. The Kier molecular flexibility index (Phi) is 4.34. The number of aryl methyl sites for hydroxylation is 2. The molecule has 4 rings (SSSR count). The van der Waals surface area contributed by atoms with Crippen molar-refractivity contribution >= 4 is 11.6 Å². The molecule has 0 atom stereocenters. The predicted molar refractivity (Wildman–Crippen MR) is 101 cm³/mol. The lowest BCUT2D eigenvalue weighted by molar-refractivity contribution is 0.0714. The summed E-state index contributed by atoms with van der Waals surface area (Å²) in [5, 5.41) is 18.7. The Balaban J connectivity index is 1.60. The first kappa shape index (κ1) is 18.1. The van der Waals surface area contributed by atoms with Gasteiger partial charge in [0.25, 0.3) is 0 Å². The largest absolute Gasteiger partial charge is 0.443 e. The zero-order valence-electron chi connectivity index (χ0n) is 16.0. The van der Waals surface area contributed by atoms with Crippen LogP contribution < -0.4 is 5.73 Å². The zero-order valence-corrected chi connectivity index (χ0v) is 16.0. The summed E-state index contributed by atoms with van der Waals surface area (Å²) >= 11 is 0. The van der Waals surface area contributed by atoms with Gasteiger partial charge in [0.1, 0.15) is 18.5 Å². The van der Waals surface area contributed by atoms with E-state index in [4.69, 9.17) is 10.2 Å². The highest BCUT2D eigenvalue weighted by molar-refractivity contribution is 5.65. The molecule has 0 fully saturated rings. The minimum absolute atomic E-state index is 0.207. The molecule has 4 heterocycles. The van der Waals surface area contributed by atoms with Gasteiger partial charge < -0.3 is 15.3 Å². The fourth-order valence-electron chi connectivity index (χ4n) is 2.94. The summed E-state index contributed by atoms with van der Waals surface area (Å²) < 4.78 is 8.61. The second kappa shape index (κ2) is 6.71. The second-order valence-corrected chi connectivity index (χ2v) is 7.40. The van der Waals surface area contributed by atoms with E-state index < -0.39 is 5.60 Å². The zero-order chi connectivity index (χ0) is 19.9. The number of hydrogen-bond donors (Lipinski definition) is 2. The molecule has 28 heavy (non-hydrogen) atoms. The average Bonchev–Trinajstić information content (AvgIpc) is 3.36. The lowest BCUT2D eigenvalue weighted by atomic mass is 10.0. The van der Waals surface area contributed by atoms with E-state index in [1.165, 1.54) is 10.8 Å². The molecule has 0 aliphatic heterocycles. The summed E-state index contributed by atoms with van der Waals surface area (Å²) in [5.74, 6) is 1.16. The van der Waals surface area contributed by atoms with Crippen LogP contribution >= 0.6 is 0 Å². The maximum atomic E-state index is 9.87. The number of aliphatic hydroxyl groups is 1. The first-order chi connectivity index (χ1) is 13.3. The SMILES string of the molecule is Cc1c(-c2ncco2)nc(N)n2nc(Cn3cc(CCC(C)(C)O)cn3)nc12. The van der Waals surface area contributed by atoms with E-state index in [0.29, 0.717) is 36.0 Å². The minimum atomic E-state index is -0.701. The third kappa shape index (κ3) is 3.58. The summed E-state index contributed by atoms with van der Waals surface area (Å²) in [4.78, 5) is 13.1. The number of nitrogen functional groups attached to an aromatic ring is 1. The number of hydrogen-bond acceptors (Lipinski definition) is 8. The molecule has 0 saturated carbocycles. The van der Waals surface area contributed by atoms with Crippen molar-refractivity contribution in [2.24, 2.45) is 0 Å². The van der Waals surface area contributed by atoms with Gasteiger partial charge in [-0.15, -0.1) is 5.10 Å². The summed E-state index contributed by atoms with van der Waals surface area (Å²) in [6.45, 7) is 5.87. The standard InChI is InChI=1S/C18H22N8O2/c1-11-14(16-20-6-7-28-16)23-17(19)26-15(11)22-13(24-26)10-25-9-12(8-21-25)4-5-18(2,3)27/h6-9,27H,4-5,10H2,1-3H3,(H2,19,23). The van der Waals surface area contributed by atoms with E-state index in [1.807, 2.05) is 13.1 Å². The molecule has 0 aliphatic rings. The topological polar surface area (TPSA) is 133 Å². The van der Waals surface area contributed by atoms with Crippen molar-refractivity contribution in [1.29, 1.82) is 0 Å². The van der Waals surface area contributed by atoms with Gasteiger partial charge in [-0.05, 0) is 39.2 Å². The van der Waals surface area contributed by atoms with E-state index >= 15 is 0 Å². The van der Waals surface area contributed by atoms with Gasteiger partial charge in [0.2, 0.25) is 11.8 Å². The fourth-order valence-corrected chi connectivity index (χ4v) is 2.94. The van der Waals surface area contributed by atoms with Crippen LogP contribution in [-0.4, -0.2) is 45.1 Å². The first-order valence-corrected chi connectivity index (χ1v) is 8.95. The lowest BCUT2D eigenvalue weighted by Gasteiger charge is -2.15. The van der Waals surface area contributed by atoms with E-state index in [2.05, 4.69) is 25.1 Å². The second-order valence-electron chi connectivity index (χ2n) is 7.40. The molecule has 10 heteroatoms. The summed E-state index contributed by atoms with van der Waals surface area (Å²) in [7, 11) is 0. The molecular weight excluding hydrogens is 360 g/mol. The molecule has 146 valence electrons. The number of aromatic nitrogens is 7. The molecule has 0 saturated heterocycles. The van der Waals surface area contributed by atoms with E-state index in [1.54, 1.807) is 30.9 Å². The Morgan fingerprint density at radius 3 is 2.82 bits per heavy atom. The molecule has 4 aromatic rings. The van der Waals surface area contributed by atoms with Gasteiger partial charge in [-0.2, -0.15) is 9.61 Å². The highest BCUT2D eigenvalue weighted by atomic mass is 16.3. The Labute approximate surface area is 161 Å². The molecule has 0 spiro atoms. The van der Waals surface area contributed by atoms with Crippen molar-refractivity contribution in [3.05, 3.63) is 41.8 Å². The summed E-state index contributed by atoms with van der Waals surface area (Å²) in [6.07, 6.45) is 8.18. The molecule has 0 radical (unpaired) electrons. The Bertz CT molecular complexity index is 1100. The molecule has 10 nitrogen and oxygen atoms in total. The summed E-state index contributed by atoms with van der Waals surface area (Å²) in [6, 6.07) is 0. The third-order valence-corrected chi connectivity index (χ3v) is 4.44. The van der Waals surface area contributed by atoms with Crippen LogP contribution in [0, 0.1) is 6.92 Å². The summed E-state index contributed by atoms with van der Waals surface area (Å²) in [5.41, 5.74) is 8.33. The van der Waals surface area contributed by atoms with Crippen LogP contribution in [0.4, 0.5) is 5.95 Å². The molecule has 3 N–H and O–H groups in total. The highest BCUT2D eigenvalue weighted by Gasteiger charge is 2.18. The van der Waals surface area contributed by atoms with Crippen LogP contribution in [0.3, 0.4) is 0 Å². The van der Waals surface area contributed by atoms with Crippen LogP contribution in [0.1, 0.15) is 37.2 Å².